The molecule has 0 bridgehead atoms. The molecule has 100 valence electrons. The van der Waals surface area contributed by atoms with E-state index in [1.54, 1.807) is 6.20 Å². The predicted molar refractivity (Wildman–Crippen MR) is 65.9 cm³/mol. The quantitative estimate of drug-likeness (QED) is 0.835. The number of nitrogens with one attached hydrogen (secondary N) is 1. The van der Waals surface area contributed by atoms with Crippen molar-refractivity contribution in [2.75, 3.05) is 19.8 Å². The summed E-state index contributed by atoms with van der Waals surface area (Å²) in [7, 11) is 0. The third-order valence-corrected chi connectivity index (χ3v) is 3.32. The lowest BCUT2D eigenvalue weighted by atomic mass is 10.0. The summed E-state index contributed by atoms with van der Waals surface area (Å²) in [5.41, 5.74) is 1.60. The second-order valence-electron chi connectivity index (χ2n) is 4.70. The van der Waals surface area contributed by atoms with Crippen molar-refractivity contribution in [1.29, 1.82) is 0 Å². The number of ether oxygens (including phenoxy) is 1. The Morgan fingerprint density at radius 3 is 3.00 bits per heavy atom. The maximum absolute atomic E-state index is 13.6. The van der Waals surface area contributed by atoms with Crippen LogP contribution in [-0.4, -0.2) is 42.0 Å². The molecular formula is C13H19FN2O2. The monoisotopic (exact) mass is 254 g/mol. The van der Waals surface area contributed by atoms with Gasteiger partial charge in [0.2, 0.25) is 0 Å². The van der Waals surface area contributed by atoms with Crippen LogP contribution < -0.4 is 5.32 Å². The number of morpholine rings is 1. The summed E-state index contributed by atoms with van der Waals surface area (Å²) in [6, 6.07) is 0.0284. The van der Waals surface area contributed by atoms with Crippen LogP contribution in [0.15, 0.2) is 12.4 Å². The van der Waals surface area contributed by atoms with Gasteiger partial charge in [-0.2, -0.15) is 0 Å². The molecule has 2 heterocycles. The van der Waals surface area contributed by atoms with Gasteiger partial charge in [0.15, 0.2) is 0 Å². The fourth-order valence-electron chi connectivity index (χ4n) is 2.15. The standard InChI is InChI=1S/C13H19FN2O2/c1-9-4-15-6-13(14)12(9)3-2-11-5-16-10(7-17)8-18-11/h4,6,10-11,16-17H,2-3,5,7-8H2,1H3/t10-,11-/m1/s1. The van der Waals surface area contributed by atoms with Crippen molar-refractivity contribution in [2.45, 2.75) is 31.9 Å². The van der Waals surface area contributed by atoms with Crippen LogP contribution in [0.5, 0.6) is 0 Å². The Hall–Kier alpha value is -1.04. The number of aliphatic hydroxyl groups is 1. The van der Waals surface area contributed by atoms with Crippen molar-refractivity contribution in [3.63, 3.8) is 0 Å². The third kappa shape index (κ3) is 3.25. The maximum atomic E-state index is 13.6. The van der Waals surface area contributed by atoms with E-state index in [1.165, 1.54) is 6.20 Å². The fourth-order valence-corrected chi connectivity index (χ4v) is 2.15. The van der Waals surface area contributed by atoms with Gasteiger partial charge in [0, 0.05) is 12.7 Å². The molecule has 0 unspecified atom stereocenters. The molecule has 0 aliphatic carbocycles. The van der Waals surface area contributed by atoms with Crippen molar-refractivity contribution in [3.05, 3.63) is 29.3 Å². The van der Waals surface area contributed by atoms with Gasteiger partial charge in [-0.15, -0.1) is 0 Å². The Kier molecular flexibility index (Phi) is 4.63. The summed E-state index contributed by atoms with van der Waals surface area (Å²) in [6.07, 6.45) is 4.44. The Morgan fingerprint density at radius 2 is 2.39 bits per heavy atom. The predicted octanol–water partition coefficient (Wildman–Crippen LogP) is 0.811. The van der Waals surface area contributed by atoms with Crippen molar-refractivity contribution in [3.8, 4) is 0 Å². The molecule has 0 spiro atoms. The molecule has 2 N–H and O–H groups in total. The molecule has 0 saturated carbocycles. The van der Waals surface area contributed by atoms with Crippen LogP contribution in [0.3, 0.4) is 0 Å². The number of aliphatic hydroxyl groups excluding tert-OH is 1. The highest BCUT2D eigenvalue weighted by atomic mass is 19.1. The molecule has 5 heteroatoms. The summed E-state index contributed by atoms with van der Waals surface area (Å²) < 4.78 is 19.2. The molecule has 1 aliphatic rings. The number of hydrogen-bond donors (Lipinski definition) is 2. The number of aryl methyl sites for hydroxylation is 1. The Labute approximate surface area is 106 Å². The van der Waals surface area contributed by atoms with Gasteiger partial charge in [-0.05, 0) is 30.9 Å². The first-order valence-electron chi connectivity index (χ1n) is 6.25. The van der Waals surface area contributed by atoms with Gasteiger partial charge in [0.05, 0.1) is 31.6 Å². The zero-order valence-electron chi connectivity index (χ0n) is 10.5. The Bertz CT molecular complexity index is 372. The Balaban J connectivity index is 1.85. The van der Waals surface area contributed by atoms with Crippen molar-refractivity contribution in [2.24, 2.45) is 0 Å². The maximum Gasteiger partial charge on any atom is 0.144 e. The van der Waals surface area contributed by atoms with E-state index < -0.39 is 0 Å². The van der Waals surface area contributed by atoms with Crippen LogP contribution in [0.4, 0.5) is 4.39 Å². The minimum atomic E-state index is -0.244. The lowest BCUT2D eigenvalue weighted by Crippen LogP contribution is -2.48. The first-order chi connectivity index (χ1) is 8.70. The molecule has 2 atom stereocenters. The van der Waals surface area contributed by atoms with Gasteiger partial charge in [0.25, 0.3) is 0 Å². The third-order valence-electron chi connectivity index (χ3n) is 3.32. The number of pyridine rings is 1. The van der Waals surface area contributed by atoms with E-state index in [0.29, 0.717) is 19.6 Å². The van der Waals surface area contributed by atoms with Gasteiger partial charge in [-0.25, -0.2) is 4.39 Å². The van der Waals surface area contributed by atoms with E-state index in [4.69, 9.17) is 9.84 Å². The molecule has 1 saturated heterocycles. The van der Waals surface area contributed by atoms with Crippen LogP contribution in [0.2, 0.25) is 0 Å². The van der Waals surface area contributed by atoms with Crippen molar-refractivity contribution < 1.29 is 14.2 Å². The topological polar surface area (TPSA) is 54.4 Å². The summed E-state index contributed by atoms with van der Waals surface area (Å²) in [4.78, 5) is 3.81. The summed E-state index contributed by atoms with van der Waals surface area (Å²) in [6.45, 7) is 3.17. The number of hydrogen-bond acceptors (Lipinski definition) is 4. The minimum absolute atomic E-state index is 0.0284. The number of rotatable bonds is 4. The van der Waals surface area contributed by atoms with E-state index in [2.05, 4.69) is 10.3 Å². The molecule has 18 heavy (non-hydrogen) atoms. The van der Waals surface area contributed by atoms with Crippen LogP contribution in [0.25, 0.3) is 0 Å². The molecule has 1 aromatic heterocycles. The molecule has 2 rings (SSSR count). The average Bonchev–Trinajstić information content (AvgIpc) is 2.39. The summed E-state index contributed by atoms with van der Waals surface area (Å²) in [5, 5.41) is 12.2. The van der Waals surface area contributed by atoms with Gasteiger partial charge in [0.1, 0.15) is 5.82 Å². The highest BCUT2D eigenvalue weighted by Crippen LogP contribution is 2.16. The number of halogens is 1. The largest absolute Gasteiger partial charge is 0.395 e. The molecule has 0 amide bonds. The van der Waals surface area contributed by atoms with E-state index in [9.17, 15) is 4.39 Å². The summed E-state index contributed by atoms with van der Waals surface area (Å²) in [5.74, 6) is -0.244. The SMILES string of the molecule is Cc1cncc(F)c1CC[C@@H]1CN[C@H](CO)CO1. The van der Waals surface area contributed by atoms with Crippen LogP contribution >= 0.6 is 0 Å². The van der Waals surface area contributed by atoms with E-state index in [0.717, 1.165) is 17.5 Å². The molecule has 1 aromatic rings. The average molecular weight is 254 g/mol. The first kappa shape index (κ1) is 13.4. The molecule has 1 aliphatic heterocycles. The van der Waals surface area contributed by atoms with Gasteiger partial charge >= 0.3 is 0 Å². The van der Waals surface area contributed by atoms with Gasteiger partial charge in [-0.3, -0.25) is 4.98 Å². The molecule has 4 nitrogen and oxygen atoms in total. The minimum Gasteiger partial charge on any atom is -0.395 e. The smallest absolute Gasteiger partial charge is 0.144 e. The summed E-state index contributed by atoms with van der Waals surface area (Å²) >= 11 is 0. The zero-order valence-corrected chi connectivity index (χ0v) is 10.5. The lowest BCUT2D eigenvalue weighted by Gasteiger charge is -2.29. The normalized spacial score (nSPS) is 24.2. The number of aromatic nitrogens is 1. The van der Waals surface area contributed by atoms with Crippen molar-refractivity contribution >= 4 is 0 Å². The molecule has 0 aromatic carbocycles. The number of nitrogens with zero attached hydrogens (tertiary/aromatic N) is 1. The molecular weight excluding hydrogens is 235 g/mol. The fraction of sp³-hybridized carbons (Fsp3) is 0.615. The van der Waals surface area contributed by atoms with Gasteiger partial charge < -0.3 is 15.2 Å². The van der Waals surface area contributed by atoms with Crippen LogP contribution in [0, 0.1) is 12.7 Å². The van der Waals surface area contributed by atoms with Crippen LogP contribution in [-0.2, 0) is 11.2 Å². The highest BCUT2D eigenvalue weighted by Gasteiger charge is 2.20. The van der Waals surface area contributed by atoms with Gasteiger partial charge in [-0.1, -0.05) is 0 Å². The van der Waals surface area contributed by atoms with Crippen LogP contribution in [0.1, 0.15) is 17.5 Å². The van der Waals surface area contributed by atoms with Crippen molar-refractivity contribution in [1.82, 2.24) is 10.3 Å². The highest BCUT2D eigenvalue weighted by molar-refractivity contribution is 5.23. The first-order valence-corrected chi connectivity index (χ1v) is 6.25. The molecule has 0 radical (unpaired) electrons. The molecule has 1 fully saturated rings. The Morgan fingerprint density at radius 1 is 1.56 bits per heavy atom. The second kappa shape index (κ2) is 6.22. The van der Waals surface area contributed by atoms with E-state index >= 15 is 0 Å². The lowest BCUT2D eigenvalue weighted by molar-refractivity contribution is -0.0118. The second-order valence-corrected chi connectivity index (χ2v) is 4.70. The van der Waals surface area contributed by atoms with E-state index in [-0.39, 0.29) is 24.6 Å². The van der Waals surface area contributed by atoms with E-state index in [1.807, 2.05) is 6.92 Å². The zero-order chi connectivity index (χ0) is 13.0.